The van der Waals surface area contributed by atoms with E-state index in [9.17, 15) is 4.79 Å². The summed E-state index contributed by atoms with van der Waals surface area (Å²) < 4.78 is 0. The number of anilines is 1. The molecule has 1 aromatic carbocycles. The van der Waals surface area contributed by atoms with Gasteiger partial charge in [-0.15, -0.1) is 11.6 Å². The van der Waals surface area contributed by atoms with Gasteiger partial charge in [0.1, 0.15) is 5.84 Å². The van der Waals surface area contributed by atoms with Gasteiger partial charge in [-0.1, -0.05) is 6.92 Å². The van der Waals surface area contributed by atoms with Gasteiger partial charge in [-0.25, -0.2) is 4.99 Å². The number of nitrogens with one attached hydrogen (secondary N) is 1. The Labute approximate surface area is 112 Å². The van der Waals surface area contributed by atoms with E-state index in [4.69, 9.17) is 17.3 Å². The third kappa shape index (κ3) is 4.37. The van der Waals surface area contributed by atoms with E-state index in [1.54, 1.807) is 6.07 Å². The molecule has 0 heterocycles. The zero-order chi connectivity index (χ0) is 13.5. The van der Waals surface area contributed by atoms with Gasteiger partial charge in [0.2, 0.25) is 5.91 Å². The van der Waals surface area contributed by atoms with Crippen molar-refractivity contribution in [1.82, 2.24) is 0 Å². The number of benzene rings is 1. The fourth-order valence-corrected chi connectivity index (χ4v) is 1.55. The number of amides is 1. The van der Waals surface area contributed by atoms with Gasteiger partial charge in [-0.05, 0) is 37.1 Å². The van der Waals surface area contributed by atoms with Crippen molar-refractivity contribution in [2.75, 3.05) is 11.2 Å². The molecule has 0 saturated heterocycles. The van der Waals surface area contributed by atoms with Crippen LogP contribution in [0.2, 0.25) is 0 Å². The van der Waals surface area contributed by atoms with Crippen molar-refractivity contribution in [3.8, 4) is 0 Å². The molecule has 0 aromatic heterocycles. The summed E-state index contributed by atoms with van der Waals surface area (Å²) in [5.41, 5.74) is 8.05. The summed E-state index contributed by atoms with van der Waals surface area (Å²) in [5, 5.41) is 2.86. The molecule has 5 heteroatoms. The van der Waals surface area contributed by atoms with Gasteiger partial charge in [-0.3, -0.25) is 4.79 Å². The molecule has 98 valence electrons. The quantitative estimate of drug-likeness (QED) is 0.489. The molecule has 0 bridgehead atoms. The Bertz CT molecular complexity index is 458. The maximum absolute atomic E-state index is 11.5. The molecule has 0 radical (unpaired) electrons. The van der Waals surface area contributed by atoms with Crippen molar-refractivity contribution in [3.05, 3.63) is 23.8 Å². The van der Waals surface area contributed by atoms with Crippen molar-refractivity contribution >= 4 is 34.7 Å². The van der Waals surface area contributed by atoms with Crippen LogP contribution in [0.3, 0.4) is 0 Å². The zero-order valence-corrected chi connectivity index (χ0v) is 11.4. The van der Waals surface area contributed by atoms with Crippen LogP contribution in [0.1, 0.15) is 25.3 Å². The second-order valence-corrected chi connectivity index (χ2v) is 4.30. The highest BCUT2D eigenvalue weighted by Crippen LogP contribution is 2.22. The summed E-state index contributed by atoms with van der Waals surface area (Å²) in [6.45, 7) is 3.89. The Balaban J connectivity index is 2.83. The summed E-state index contributed by atoms with van der Waals surface area (Å²) in [5.74, 6) is 0.601. The van der Waals surface area contributed by atoms with Gasteiger partial charge in [0.05, 0.1) is 11.6 Å². The standard InChI is InChI=1S/C13H18ClN3O/c1-3-4-13(18)17-11-6-5-10(7-9(11)2)16-12(15)8-14/h5-7H,3-4,8H2,1-2H3,(H2,15,16)(H,17,18). The van der Waals surface area contributed by atoms with Crippen LogP contribution in [-0.4, -0.2) is 17.6 Å². The largest absolute Gasteiger partial charge is 0.386 e. The molecule has 0 atom stereocenters. The molecule has 3 N–H and O–H groups in total. The number of amidine groups is 1. The number of carbonyl (C=O) groups excluding carboxylic acids is 1. The Morgan fingerprint density at radius 3 is 2.78 bits per heavy atom. The predicted molar refractivity (Wildman–Crippen MR) is 76.7 cm³/mol. The highest BCUT2D eigenvalue weighted by molar-refractivity contribution is 6.28. The molecule has 1 aromatic rings. The molecule has 0 aliphatic rings. The second-order valence-electron chi connectivity index (χ2n) is 4.03. The predicted octanol–water partition coefficient (Wildman–Crippen LogP) is 2.96. The molecular weight excluding hydrogens is 250 g/mol. The second kappa shape index (κ2) is 7.01. The van der Waals surface area contributed by atoms with Gasteiger partial charge >= 0.3 is 0 Å². The smallest absolute Gasteiger partial charge is 0.224 e. The molecule has 0 spiro atoms. The monoisotopic (exact) mass is 267 g/mol. The molecule has 18 heavy (non-hydrogen) atoms. The van der Waals surface area contributed by atoms with E-state index in [0.29, 0.717) is 12.3 Å². The minimum Gasteiger partial charge on any atom is -0.386 e. The summed E-state index contributed by atoms with van der Waals surface area (Å²) in [7, 11) is 0. The average molecular weight is 268 g/mol. The molecule has 0 aliphatic carbocycles. The fraction of sp³-hybridized carbons (Fsp3) is 0.385. The van der Waals surface area contributed by atoms with Crippen LogP contribution in [-0.2, 0) is 4.79 Å². The van der Waals surface area contributed by atoms with Crippen LogP contribution in [0.15, 0.2) is 23.2 Å². The van der Waals surface area contributed by atoms with Crippen LogP contribution in [0.25, 0.3) is 0 Å². The van der Waals surface area contributed by atoms with Crippen LogP contribution in [0.5, 0.6) is 0 Å². The lowest BCUT2D eigenvalue weighted by Crippen LogP contribution is -2.12. The first kappa shape index (κ1) is 14.5. The number of hydrogen-bond donors (Lipinski definition) is 2. The topological polar surface area (TPSA) is 67.5 Å². The third-order valence-electron chi connectivity index (χ3n) is 2.37. The highest BCUT2D eigenvalue weighted by Gasteiger charge is 2.04. The number of rotatable bonds is 5. The molecular formula is C13H18ClN3O. The van der Waals surface area contributed by atoms with Crippen molar-refractivity contribution in [2.45, 2.75) is 26.7 Å². The molecule has 1 amide bonds. The van der Waals surface area contributed by atoms with Crippen LogP contribution >= 0.6 is 11.6 Å². The Morgan fingerprint density at radius 1 is 1.50 bits per heavy atom. The number of alkyl halides is 1. The number of halogens is 1. The molecule has 0 saturated carbocycles. The molecule has 1 rings (SSSR count). The Hall–Kier alpha value is -1.55. The maximum Gasteiger partial charge on any atom is 0.224 e. The van der Waals surface area contributed by atoms with Gasteiger partial charge in [0.15, 0.2) is 0 Å². The van der Waals surface area contributed by atoms with Crippen molar-refractivity contribution in [3.63, 3.8) is 0 Å². The molecule has 4 nitrogen and oxygen atoms in total. The van der Waals surface area contributed by atoms with E-state index < -0.39 is 0 Å². The van der Waals surface area contributed by atoms with E-state index in [-0.39, 0.29) is 11.8 Å². The van der Waals surface area contributed by atoms with E-state index in [0.717, 1.165) is 23.4 Å². The summed E-state index contributed by atoms with van der Waals surface area (Å²) in [6, 6.07) is 5.48. The number of carbonyl (C=O) groups is 1. The lowest BCUT2D eigenvalue weighted by atomic mass is 10.1. The first-order valence-electron chi connectivity index (χ1n) is 5.86. The number of aryl methyl sites for hydroxylation is 1. The minimum absolute atomic E-state index is 0.0251. The fourth-order valence-electron chi connectivity index (χ4n) is 1.49. The third-order valence-corrected chi connectivity index (χ3v) is 2.64. The number of nitrogens with zero attached hydrogens (tertiary/aromatic N) is 1. The van der Waals surface area contributed by atoms with Gasteiger partial charge < -0.3 is 11.1 Å². The SMILES string of the molecule is CCCC(=O)Nc1ccc(N=C(N)CCl)cc1C. The van der Waals surface area contributed by atoms with Crippen LogP contribution < -0.4 is 11.1 Å². The highest BCUT2D eigenvalue weighted by atomic mass is 35.5. The van der Waals surface area contributed by atoms with Crippen molar-refractivity contribution in [2.24, 2.45) is 10.7 Å². The van der Waals surface area contributed by atoms with Crippen LogP contribution in [0.4, 0.5) is 11.4 Å². The number of aliphatic imine (C=N–C) groups is 1. The summed E-state index contributed by atoms with van der Waals surface area (Å²) >= 11 is 5.56. The van der Waals surface area contributed by atoms with Gasteiger partial charge in [0.25, 0.3) is 0 Å². The van der Waals surface area contributed by atoms with E-state index in [1.165, 1.54) is 0 Å². The maximum atomic E-state index is 11.5. The van der Waals surface area contributed by atoms with Gasteiger partial charge in [0, 0.05) is 12.1 Å². The van der Waals surface area contributed by atoms with E-state index in [2.05, 4.69) is 10.3 Å². The average Bonchev–Trinajstić information content (AvgIpc) is 2.33. The zero-order valence-electron chi connectivity index (χ0n) is 10.7. The van der Waals surface area contributed by atoms with Crippen molar-refractivity contribution in [1.29, 1.82) is 0 Å². The molecule has 0 aliphatic heterocycles. The Kier molecular flexibility index (Phi) is 5.65. The molecule has 0 unspecified atom stereocenters. The van der Waals surface area contributed by atoms with Gasteiger partial charge in [-0.2, -0.15) is 0 Å². The minimum atomic E-state index is 0.0251. The number of nitrogens with two attached hydrogens (primary N) is 1. The summed E-state index contributed by atoms with van der Waals surface area (Å²) in [6.07, 6.45) is 1.36. The molecule has 0 fully saturated rings. The lowest BCUT2D eigenvalue weighted by Gasteiger charge is -2.08. The first-order valence-corrected chi connectivity index (χ1v) is 6.39. The lowest BCUT2D eigenvalue weighted by molar-refractivity contribution is -0.116. The van der Waals surface area contributed by atoms with E-state index >= 15 is 0 Å². The summed E-state index contributed by atoms with van der Waals surface area (Å²) in [4.78, 5) is 15.6. The van der Waals surface area contributed by atoms with Crippen molar-refractivity contribution < 1.29 is 4.79 Å². The Morgan fingerprint density at radius 2 is 2.22 bits per heavy atom. The van der Waals surface area contributed by atoms with Crippen LogP contribution in [0, 0.1) is 6.92 Å². The first-order chi connectivity index (χ1) is 8.56. The normalized spacial score (nSPS) is 11.4. The van der Waals surface area contributed by atoms with E-state index in [1.807, 2.05) is 26.0 Å². The number of hydrogen-bond acceptors (Lipinski definition) is 2.